The van der Waals surface area contributed by atoms with Crippen molar-refractivity contribution in [1.29, 1.82) is 0 Å². The molecule has 7 nitrogen and oxygen atoms in total. The maximum absolute atomic E-state index is 12.6. The molecule has 1 aromatic carbocycles. The molecule has 2 saturated heterocycles. The van der Waals surface area contributed by atoms with Crippen molar-refractivity contribution in [3.8, 4) is 0 Å². The number of nitrogens with one attached hydrogen (secondary N) is 1. The Hall–Kier alpha value is -1.93. The van der Waals surface area contributed by atoms with Crippen LogP contribution in [0.4, 0.5) is 0 Å². The molecule has 2 fully saturated rings. The molecule has 0 spiro atoms. The first-order valence-electron chi connectivity index (χ1n) is 10.1. The molecule has 1 N–H and O–H groups in total. The van der Waals surface area contributed by atoms with Crippen molar-refractivity contribution in [2.45, 2.75) is 43.4 Å². The van der Waals surface area contributed by atoms with Crippen LogP contribution in [0.5, 0.6) is 0 Å². The van der Waals surface area contributed by atoms with Crippen molar-refractivity contribution >= 4 is 21.8 Å². The van der Waals surface area contributed by atoms with Gasteiger partial charge >= 0.3 is 0 Å². The van der Waals surface area contributed by atoms with E-state index in [2.05, 4.69) is 5.32 Å². The van der Waals surface area contributed by atoms with Crippen molar-refractivity contribution < 1.29 is 18.0 Å². The van der Waals surface area contributed by atoms with E-state index in [1.807, 2.05) is 4.90 Å². The second-order valence-corrected chi connectivity index (χ2v) is 9.49. The van der Waals surface area contributed by atoms with E-state index in [9.17, 15) is 18.0 Å². The molecule has 0 unspecified atom stereocenters. The van der Waals surface area contributed by atoms with Crippen LogP contribution >= 0.6 is 0 Å². The van der Waals surface area contributed by atoms with E-state index in [0.29, 0.717) is 56.8 Å². The summed E-state index contributed by atoms with van der Waals surface area (Å²) in [5, 5.41) is 2.93. The molecule has 2 amide bonds. The summed E-state index contributed by atoms with van der Waals surface area (Å²) < 4.78 is 26.8. The summed E-state index contributed by atoms with van der Waals surface area (Å²) in [5.41, 5.74) is 0. The Balaban J connectivity index is 1.36. The van der Waals surface area contributed by atoms with Gasteiger partial charge in [0.25, 0.3) is 0 Å². The molecule has 154 valence electrons. The number of sulfonamides is 1. The van der Waals surface area contributed by atoms with Gasteiger partial charge < -0.3 is 10.2 Å². The molecular weight excluding hydrogens is 378 g/mol. The van der Waals surface area contributed by atoms with Gasteiger partial charge in [0.1, 0.15) is 0 Å². The van der Waals surface area contributed by atoms with E-state index >= 15 is 0 Å². The predicted molar refractivity (Wildman–Crippen MR) is 106 cm³/mol. The van der Waals surface area contributed by atoms with Gasteiger partial charge in [-0.3, -0.25) is 9.59 Å². The molecule has 0 radical (unpaired) electrons. The molecule has 28 heavy (non-hydrogen) atoms. The highest BCUT2D eigenvalue weighted by Crippen LogP contribution is 2.25. The summed E-state index contributed by atoms with van der Waals surface area (Å²) in [4.78, 5) is 25.9. The average molecular weight is 408 g/mol. The van der Waals surface area contributed by atoms with E-state index in [0.717, 1.165) is 19.4 Å². The molecule has 2 heterocycles. The number of likely N-dealkylation sites (tertiary alicyclic amines) is 1. The number of carbonyl (C=O) groups is 2. The summed E-state index contributed by atoms with van der Waals surface area (Å²) in [6, 6.07) is 8.48. The van der Waals surface area contributed by atoms with Crippen LogP contribution in [0.2, 0.25) is 0 Å². The number of carbonyl (C=O) groups excluding carboxylic acids is 2. The van der Waals surface area contributed by atoms with Gasteiger partial charge in [-0.1, -0.05) is 18.2 Å². The largest absolute Gasteiger partial charge is 0.356 e. The first-order valence-corrected chi connectivity index (χ1v) is 11.5. The lowest BCUT2D eigenvalue weighted by Gasteiger charge is -2.31. The second kappa shape index (κ2) is 9.52. The lowest BCUT2D eigenvalue weighted by Crippen LogP contribution is -2.39. The smallest absolute Gasteiger partial charge is 0.243 e. The first-order chi connectivity index (χ1) is 13.5. The number of nitrogens with zero attached hydrogens (tertiary/aromatic N) is 2. The van der Waals surface area contributed by atoms with Crippen LogP contribution in [0.1, 0.15) is 38.5 Å². The maximum Gasteiger partial charge on any atom is 0.243 e. The summed E-state index contributed by atoms with van der Waals surface area (Å²) in [5.74, 6) is 0.433. The van der Waals surface area contributed by atoms with Gasteiger partial charge in [-0.2, -0.15) is 4.31 Å². The topological polar surface area (TPSA) is 86.8 Å². The minimum absolute atomic E-state index is 0.0112. The summed E-state index contributed by atoms with van der Waals surface area (Å²) in [7, 11) is -3.44. The standard InChI is InChI=1S/C20H29N3O4S/c24-19(21-11-5-13-22-12-4-8-20(22)25)16-17-9-14-23(15-10-17)28(26,27)18-6-2-1-3-7-18/h1-3,6-7,17H,4-5,8-16H2,(H,21,24). The van der Waals surface area contributed by atoms with E-state index in [4.69, 9.17) is 0 Å². The van der Waals surface area contributed by atoms with Gasteiger partial charge in [-0.15, -0.1) is 0 Å². The fraction of sp³-hybridized carbons (Fsp3) is 0.600. The second-order valence-electron chi connectivity index (χ2n) is 7.55. The Kier molecular flexibility index (Phi) is 7.07. The number of hydrogen-bond donors (Lipinski definition) is 1. The number of benzene rings is 1. The Morgan fingerprint density at radius 3 is 2.46 bits per heavy atom. The van der Waals surface area contributed by atoms with Crippen LogP contribution in [0.15, 0.2) is 35.2 Å². The molecular formula is C20H29N3O4S. The quantitative estimate of drug-likeness (QED) is 0.663. The normalized spacial score (nSPS) is 19.1. The van der Waals surface area contributed by atoms with Gasteiger partial charge in [0, 0.05) is 45.6 Å². The Morgan fingerprint density at radius 2 is 1.82 bits per heavy atom. The Bertz CT molecular complexity index is 774. The highest BCUT2D eigenvalue weighted by molar-refractivity contribution is 7.89. The summed E-state index contributed by atoms with van der Waals surface area (Å²) >= 11 is 0. The SMILES string of the molecule is O=C(CC1CCN(S(=O)(=O)c2ccccc2)CC1)NCCCN1CCCC1=O. The van der Waals surface area contributed by atoms with Crippen molar-refractivity contribution in [1.82, 2.24) is 14.5 Å². The third-order valence-corrected chi connectivity index (χ3v) is 7.44. The Morgan fingerprint density at radius 1 is 1.11 bits per heavy atom. The van der Waals surface area contributed by atoms with Crippen molar-refractivity contribution in [2.75, 3.05) is 32.7 Å². The fourth-order valence-electron chi connectivity index (χ4n) is 3.87. The lowest BCUT2D eigenvalue weighted by atomic mass is 9.94. The highest BCUT2D eigenvalue weighted by atomic mass is 32.2. The molecule has 0 aliphatic carbocycles. The van der Waals surface area contributed by atoms with Crippen molar-refractivity contribution in [2.24, 2.45) is 5.92 Å². The monoisotopic (exact) mass is 407 g/mol. The molecule has 0 atom stereocenters. The molecule has 0 bridgehead atoms. The number of piperidine rings is 1. The first kappa shape index (κ1) is 20.8. The van der Waals surface area contributed by atoms with E-state index in [1.54, 1.807) is 30.3 Å². The zero-order chi connectivity index (χ0) is 20.0. The van der Waals surface area contributed by atoms with Crippen molar-refractivity contribution in [3.63, 3.8) is 0 Å². The molecule has 3 rings (SSSR count). The van der Waals surface area contributed by atoms with Gasteiger partial charge in [-0.25, -0.2) is 8.42 Å². The van der Waals surface area contributed by atoms with Gasteiger partial charge in [-0.05, 0) is 43.7 Å². The molecule has 8 heteroatoms. The zero-order valence-electron chi connectivity index (χ0n) is 16.2. The fourth-order valence-corrected chi connectivity index (χ4v) is 5.36. The third-order valence-electron chi connectivity index (χ3n) is 5.53. The number of hydrogen-bond acceptors (Lipinski definition) is 4. The summed E-state index contributed by atoms with van der Waals surface area (Å²) in [6.45, 7) is 3.01. The van der Waals surface area contributed by atoms with E-state index in [-0.39, 0.29) is 17.7 Å². The molecule has 2 aliphatic heterocycles. The average Bonchev–Trinajstić information content (AvgIpc) is 3.11. The van der Waals surface area contributed by atoms with Gasteiger partial charge in [0.05, 0.1) is 4.90 Å². The van der Waals surface area contributed by atoms with Gasteiger partial charge in [0.15, 0.2) is 0 Å². The van der Waals surface area contributed by atoms with Crippen LogP contribution < -0.4 is 5.32 Å². The minimum atomic E-state index is -3.44. The van der Waals surface area contributed by atoms with E-state index in [1.165, 1.54) is 4.31 Å². The van der Waals surface area contributed by atoms with Crippen LogP contribution in [0.3, 0.4) is 0 Å². The summed E-state index contributed by atoms with van der Waals surface area (Å²) in [6.07, 6.45) is 4.17. The Labute approximate surface area is 167 Å². The zero-order valence-corrected chi connectivity index (χ0v) is 17.0. The van der Waals surface area contributed by atoms with Crippen LogP contribution in [0, 0.1) is 5.92 Å². The molecule has 0 saturated carbocycles. The van der Waals surface area contributed by atoms with Crippen LogP contribution in [-0.2, 0) is 19.6 Å². The third kappa shape index (κ3) is 5.32. The van der Waals surface area contributed by atoms with Crippen LogP contribution in [0.25, 0.3) is 0 Å². The molecule has 1 aromatic rings. The van der Waals surface area contributed by atoms with Crippen LogP contribution in [-0.4, -0.2) is 62.2 Å². The minimum Gasteiger partial charge on any atom is -0.356 e. The molecule has 0 aromatic heterocycles. The number of rotatable bonds is 8. The predicted octanol–water partition coefficient (Wildman–Crippen LogP) is 1.61. The van der Waals surface area contributed by atoms with E-state index < -0.39 is 10.0 Å². The molecule has 2 aliphatic rings. The van der Waals surface area contributed by atoms with Gasteiger partial charge in [0.2, 0.25) is 21.8 Å². The maximum atomic E-state index is 12.6. The lowest BCUT2D eigenvalue weighted by molar-refractivity contribution is -0.127. The van der Waals surface area contributed by atoms with Crippen molar-refractivity contribution in [3.05, 3.63) is 30.3 Å². The number of amides is 2. The highest BCUT2D eigenvalue weighted by Gasteiger charge is 2.30.